The van der Waals surface area contributed by atoms with Gasteiger partial charge in [-0.25, -0.2) is 5.01 Å². The summed E-state index contributed by atoms with van der Waals surface area (Å²) in [5, 5.41) is 3.18. The predicted octanol–water partition coefficient (Wildman–Crippen LogP) is 3.61. The van der Waals surface area contributed by atoms with Gasteiger partial charge in [0.2, 0.25) is 11.7 Å². The van der Waals surface area contributed by atoms with E-state index in [9.17, 15) is 9.59 Å². The predicted molar refractivity (Wildman–Crippen MR) is 126 cm³/mol. The molecule has 0 aromatic heterocycles. The monoisotopic (exact) mass is 492 g/mol. The van der Waals surface area contributed by atoms with Crippen LogP contribution >= 0.6 is 11.6 Å². The van der Waals surface area contributed by atoms with Crippen LogP contribution in [-0.2, 0) is 11.2 Å². The highest BCUT2D eigenvalue weighted by Gasteiger charge is 2.34. The summed E-state index contributed by atoms with van der Waals surface area (Å²) in [5.41, 5.74) is 1.03. The SMILES string of the molecule is COc1cc(CCC(=O)N2CCCN2C(=O)c2c(OC)ccc(Cl)c2OC)cc(OC)c1OC. The molecule has 3 rings (SSSR count). The van der Waals surface area contributed by atoms with Gasteiger partial charge in [-0.1, -0.05) is 11.6 Å². The summed E-state index contributed by atoms with van der Waals surface area (Å²) in [4.78, 5) is 26.6. The molecule has 1 aliphatic heterocycles. The zero-order chi connectivity index (χ0) is 24.8. The molecule has 1 saturated heterocycles. The van der Waals surface area contributed by atoms with Gasteiger partial charge in [0, 0.05) is 19.5 Å². The van der Waals surface area contributed by atoms with E-state index in [1.54, 1.807) is 26.4 Å². The molecule has 0 spiro atoms. The van der Waals surface area contributed by atoms with Gasteiger partial charge in [0.15, 0.2) is 17.2 Å². The van der Waals surface area contributed by atoms with Crippen LogP contribution in [0.25, 0.3) is 0 Å². The van der Waals surface area contributed by atoms with Crippen molar-refractivity contribution in [3.05, 3.63) is 40.4 Å². The number of hydrazine groups is 1. The van der Waals surface area contributed by atoms with Gasteiger partial charge in [-0.3, -0.25) is 14.6 Å². The molecule has 1 fully saturated rings. The van der Waals surface area contributed by atoms with Crippen LogP contribution in [0.4, 0.5) is 0 Å². The molecule has 184 valence electrons. The molecule has 2 aromatic carbocycles. The molecule has 1 aliphatic rings. The topological polar surface area (TPSA) is 86.8 Å². The largest absolute Gasteiger partial charge is 0.496 e. The van der Waals surface area contributed by atoms with Crippen molar-refractivity contribution >= 4 is 23.4 Å². The summed E-state index contributed by atoms with van der Waals surface area (Å²) >= 11 is 6.24. The van der Waals surface area contributed by atoms with E-state index in [2.05, 4.69) is 0 Å². The molecule has 0 bridgehead atoms. The molecule has 0 aliphatic carbocycles. The summed E-state index contributed by atoms with van der Waals surface area (Å²) in [7, 11) is 7.51. The maximum Gasteiger partial charge on any atom is 0.280 e. The highest BCUT2D eigenvalue weighted by Crippen LogP contribution is 2.39. The number of amides is 2. The van der Waals surface area contributed by atoms with E-state index in [1.165, 1.54) is 31.3 Å². The average molecular weight is 493 g/mol. The molecule has 0 radical (unpaired) electrons. The Labute approximate surface area is 204 Å². The number of aryl methyl sites for hydroxylation is 1. The number of benzene rings is 2. The van der Waals surface area contributed by atoms with Gasteiger partial charge in [-0.05, 0) is 42.7 Å². The van der Waals surface area contributed by atoms with Crippen molar-refractivity contribution in [1.82, 2.24) is 10.0 Å². The van der Waals surface area contributed by atoms with Crippen LogP contribution in [0.2, 0.25) is 5.02 Å². The zero-order valence-corrected chi connectivity index (χ0v) is 20.7. The molecular weight excluding hydrogens is 464 g/mol. The van der Waals surface area contributed by atoms with Crippen molar-refractivity contribution in [2.75, 3.05) is 48.6 Å². The van der Waals surface area contributed by atoms with Crippen LogP contribution in [0, 0.1) is 0 Å². The zero-order valence-electron chi connectivity index (χ0n) is 20.0. The summed E-state index contributed by atoms with van der Waals surface area (Å²) in [5.74, 6) is 1.46. The molecule has 2 aromatic rings. The van der Waals surface area contributed by atoms with Gasteiger partial charge in [0.05, 0.1) is 40.6 Å². The standard InChI is InChI=1S/C24H29ClN2O7/c1-30-17-9-8-16(25)22(33-4)21(17)24(29)27-12-6-11-26(27)20(28)10-7-15-13-18(31-2)23(34-5)19(14-15)32-3/h8-9,13-14H,6-7,10-12H2,1-5H3. The van der Waals surface area contributed by atoms with Crippen LogP contribution < -0.4 is 23.7 Å². The first kappa shape index (κ1) is 25.3. The van der Waals surface area contributed by atoms with Crippen LogP contribution in [0.1, 0.15) is 28.8 Å². The third-order valence-electron chi connectivity index (χ3n) is 5.61. The lowest BCUT2D eigenvalue weighted by Gasteiger charge is -2.29. The van der Waals surface area contributed by atoms with E-state index < -0.39 is 5.91 Å². The van der Waals surface area contributed by atoms with Gasteiger partial charge in [-0.15, -0.1) is 0 Å². The lowest BCUT2D eigenvalue weighted by molar-refractivity contribution is -0.140. The molecule has 9 nitrogen and oxygen atoms in total. The normalized spacial score (nSPS) is 13.0. The Morgan fingerprint density at radius 1 is 0.824 bits per heavy atom. The number of carbonyl (C=O) groups excluding carboxylic acids is 2. The highest BCUT2D eigenvalue weighted by atomic mass is 35.5. The molecule has 0 N–H and O–H groups in total. The first-order valence-electron chi connectivity index (χ1n) is 10.7. The Hall–Kier alpha value is -3.33. The summed E-state index contributed by atoms with van der Waals surface area (Å²) in [6.45, 7) is 0.832. The van der Waals surface area contributed by atoms with Crippen LogP contribution in [-0.4, -0.2) is 70.5 Å². The van der Waals surface area contributed by atoms with Crippen LogP contribution in [0.3, 0.4) is 0 Å². The molecule has 10 heteroatoms. The van der Waals surface area contributed by atoms with E-state index in [0.717, 1.165) is 5.56 Å². The maximum atomic E-state index is 13.5. The summed E-state index contributed by atoms with van der Waals surface area (Å²) in [6.07, 6.45) is 1.27. The summed E-state index contributed by atoms with van der Waals surface area (Å²) < 4.78 is 26.9. The lowest BCUT2D eigenvalue weighted by atomic mass is 10.1. The number of hydrogen-bond acceptors (Lipinski definition) is 7. The maximum absolute atomic E-state index is 13.5. The first-order chi connectivity index (χ1) is 16.4. The quantitative estimate of drug-likeness (QED) is 0.528. The second-order valence-electron chi connectivity index (χ2n) is 7.49. The number of halogens is 1. The van der Waals surface area contributed by atoms with Crippen molar-refractivity contribution in [2.24, 2.45) is 0 Å². The number of carbonyl (C=O) groups is 2. The van der Waals surface area contributed by atoms with Gasteiger partial charge in [-0.2, -0.15) is 0 Å². The Bertz CT molecular complexity index is 1030. The van der Waals surface area contributed by atoms with Crippen LogP contribution in [0.15, 0.2) is 24.3 Å². The van der Waals surface area contributed by atoms with Gasteiger partial charge < -0.3 is 23.7 Å². The van der Waals surface area contributed by atoms with Gasteiger partial charge in [0.25, 0.3) is 5.91 Å². The van der Waals surface area contributed by atoms with Gasteiger partial charge in [0.1, 0.15) is 11.3 Å². The smallest absolute Gasteiger partial charge is 0.280 e. The van der Waals surface area contributed by atoms with Crippen molar-refractivity contribution < 1.29 is 33.3 Å². The minimum absolute atomic E-state index is 0.181. The number of hydrogen-bond donors (Lipinski definition) is 0. The van der Waals surface area contributed by atoms with Crippen molar-refractivity contribution in [3.63, 3.8) is 0 Å². The lowest BCUT2D eigenvalue weighted by Crippen LogP contribution is -2.45. The van der Waals surface area contributed by atoms with Crippen LogP contribution in [0.5, 0.6) is 28.7 Å². The third kappa shape index (κ3) is 4.94. The van der Waals surface area contributed by atoms with E-state index in [0.29, 0.717) is 48.9 Å². The fourth-order valence-corrected chi connectivity index (χ4v) is 4.22. The number of methoxy groups -OCH3 is 5. The number of nitrogens with zero attached hydrogens (tertiary/aromatic N) is 2. The molecule has 1 heterocycles. The van der Waals surface area contributed by atoms with Gasteiger partial charge >= 0.3 is 0 Å². The minimum atomic E-state index is -0.408. The highest BCUT2D eigenvalue weighted by molar-refractivity contribution is 6.32. The molecule has 0 saturated carbocycles. The fraction of sp³-hybridized carbons (Fsp3) is 0.417. The van der Waals surface area contributed by atoms with Crippen molar-refractivity contribution in [1.29, 1.82) is 0 Å². The molecule has 0 unspecified atom stereocenters. The summed E-state index contributed by atoms with van der Waals surface area (Å²) in [6, 6.07) is 6.82. The third-order valence-corrected chi connectivity index (χ3v) is 5.91. The Balaban J connectivity index is 1.80. The average Bonchev–Trinajstić information content (AvgIpc) is 3.36. The Morgan fingerprint density at radius 3 is 1.97 bits per heavy atom. The van der Waals surface area contributed by atoms with E-state index in [1.807, 2.05) is 12.1 Å². The van der Waals surface area contributed by atoms with Crippen molar-refractivity contribution in [3.8, 4) is 28.7 Å². The second-order valence-corrected chi connectivity index (χ2v) is 7.90. The molecular formula is C24H29ClN2O7. The van der Waals surface area contributed by atoms with E-state index >= 15 is 0 Å². The minimum Gasteiger partial charge on any atom is -0.496 e. The number of ether oxygens (including phenoxy) is 5. The fourth-order valence-electron chi connectivity index (χ4n) is 3.98. The first-order valence-corrected chi connectivity index (χ1v) is 11.1. The Morgan fingerprint density at radius 2 is 1.41 bits per heavy atom. The van der Waals surface area contributed by atoms with E-state index in [-0.39, 0.29) is 28.7 Å². The Kier molecular flexibility index (Phi) is 8.33. The van der Waals surface area contributed by atoms with Crippen molar-refractivity contribution in [2.45, 2.75) is 19.3 Å². The number of rotatable bonds is 9. The molecule has 2 amide bonds. The molecule has 0 atom stereocenters. The second kappa shape index (κ2) is 11.2. The van der Waals surface area contributed by atoms with E-state index in [4.69, 9.17) is 35.3 Å². The molecule has 34 heavy (non-hydrogen) atoms.